The number of rotatable bonds is 11. The van der Waals surface area contributed by atoms with Crippen molar-refractivity contribution in [2.75, 3.05) is 37.6 Å². The van der Waals surface area contributed by atoms with Crippen LogP contribution in [0.2, 0.25) is 0 Å². The molecule has 2 saturated heterocycles. The number of allylic oxidation sites excluding steroid dienone is 3. The molecular formula is C37H48FN3. The van der Waals surface area contributed by atoms with Crippen LogP contribution in [0.1, 0.15) is 81.9 Å². The second-order valence-electron chi connectivity index (χ2n) is 12.3. The molecule has 4 heteroatoms. The van der Waals surface area contributed by atoms with E-state index in [9.17, 15) is 0 Å². The summed E-state index contributed by atoms with van der Waals surface area (Å²) in [6.07, 6.45) is 6.20. The van der Waals surface area contributed by atoms with Crippen LogP contribution in [-0.2, 0) is 0 Å². The number of benzene rings is 2. The molecule has 2 aromatic rings. The number of piperidine rings is 2. The van der Waals surface area contributed by atoms with Crippen LogP contribution in [0, 0.1) is 11.7 Å². The molecule has 0 bridgehead atoms. The Balaban J connectivity index is 1.26. The van der Waals surface area contributed by atoms with Crippen molar-refractivity contribution >= 4 is 22.7 Å². The minimum Gasteiger partial charge on any atom is -0.372 e. The summed E-state index contributed by atoms with van der Waals surface area (Å²) >= 11 is 0. The molecule has 0 radical (unpaired) electrons. The van der Waals surface area contributed by atoms with Gasteiger partial charge in [0.2, 0.25) is 0 Å². The van der Waals surface area contributed by atoms with E-state index in [1.807, 2.05) is 19.9 Å². The van der Waals surface area contributed by atoms with Crippen LogP contribution in [-0.4, -0.2) is 43.3 Å². The van der Waals surface area contributed by atoms with Gasteiger partial charge in [-0.05, 0) is 125 Å². The summed E-state index contributed by atoms with van der Waals surface area (Å²) in [5.41, 5.74) is 8.51. The minimum atomic E-state index is -0.235. The molecule has 41 heavy (non-hydrogen) atoms. The van der Waals surface area contributed by atoms with Gasteiger partial charge >= 0.3 is 0 Å². The van der Waals surface area contributed by atoms with Gasteiger partial charge in [0.15, 0.2) is 0 Å². The molecule has 0 aliphatic carbocycles. The van der Waals surface area contributed by atoms with E-state index < -0.39 is 0 Å². The second kappa shape index (κ2) is 14.1. The van der Waals surface area contributed by atoms with E-state index in [0.717, 1.165) is 85.8 Å². The van der Waals surface area contributed by atoms with Crippen LogP contribution in [0.5, 0.6) is 0 Å². The van der Waals surface area contributed by atoms with E-state index in [4.69, 9.17) is 0 Å². The number of aliphatic imine (C=N–C) groups is 1. The molecule has 0 atom stereocenters. The number of anilines is 1. The van der Waals surface area contributed by atoms with E-state index in [2.05, 4.69) is 78.4 Å². The summed E-state index contributed by atoms with van der Waals surface area (Å²) in [4.78, 5) is 9.79. The van der Waals surface area contributed by atoms with Crippen LogP contribution < -0.4 is 4.90 Å². The third-order valence-corrected chi connectivity index (χ3v) is 8.77. The molecule has 2 aliphatic heterocycles. The molecule has 0 saturated carbocycles. The highest BCUT2D eigenvalue weighted by molar-refractivity contribution is 6.02. The Morgan fingerprint density at radius 1 is 0.854 bits per heavy atom. The first-order chi connectivity index (χ1) is 19.6. The largest absolute Gasteiger partial charge is 0.372 e. The van der Waals surface area contributed by atoms with Crippen molar-refractivity contribution < 1.29 is 4.39 Å². The minimum absolute atomic E-state index is 0.235. The molecule has 0 spiro atoms. The Hall–Kier alpha value is -3.24. The highest BCUT2D eigenvalue weighted by Gasteiger charge is 2.26. The summed E-state index contributed by atoms with van der Waals surface area (Å²) in [7, 11) is 0. The van der Waals surface area contributed by atoms with Crippen molar-refractivity contribution in [2.45, 2.75) is 65.2 Å². The maximum atomic E-state index is 15.2. The normalized spacial score (nSPS) is 17.5. The lowest BCUT2D eigenvalue weighted by Gasteiger charge is -2.38. The van der Waals surface area contributed by atoms with E-state index >= 15 is 4.39 Å². The smallest absolute Gasteiger partial charge is 0.132 e. The molecule has 218 valence electrons. The van der Waals surface area contributed by atoms with E-state index in [-0.39, 0.29) is 5.82 Å². The average Bonchev–Trinajstić information content (AvgIpc) is 2.95. The van der Waals surface area contributed by atoms with Crippen LogP contribution >= 0.6 is 0 Å². The van der Waals surface area contributed by atoms with Crippen LogP contribution in [0.3, 0.4) is 0 Å². The second-order valence-corrected chi connectivity index (χ2v) is 12.3. The molecule has 4 rings (SSSR count). The Morgan fingerprint density at radius 3 is 2.07 bits per heavy atom. The molecule has 0 N–H and O–H groups in total. The highest BCUT2D eigenvalue weighted by atomic mass is 19.1. The summed E-state index contributed by atoms with van der Waals surface area (Å²) < 4.78 is 15.2. The molecule has 0 aromatic heterocycles. The lowest BCUT2D eigenvalue weighted by Crippen LogP contribution is -2.41. The van der Waals surface area contributed by atoms with Gasteiger partial charge in [-0.15, -0.1) is 6.58 Å². The third kappa shape index (κ3) is 8.39. The Morgan fingerprint density at radius 2 is 1.51 bits per heavy atom. The number of hydrogen-bond donors (Lipinski definition) is 0. The van der Waals surface area contributed by atoms with Crippen molar-refractivity contribution in [2.24, 2.45) is 10.9 Å². The van der Waals surface area contributed by atoms with Gasteiger partial charge in [0.05, 0.1) is 5.70 Å². The zero-order valence-corrected chi connectivity index (χ0v) is 25.5. The molecule has 2 heterocycles. The summed E-state index contributed by atoms with van der Waals surface area (Å²) in [5.74, 6) is 0.915. The summed E-state index contributed by atoms with van der Waals surface area (Å²) in [5, 5.41) is 0. The Kier molecular flexibility index (Phi) is 10.6. The summed E-state index contributed by atoms with van der Waals surface area (Å²) in [6.45, 7) is 27.7. The van der Waals surface area contributed by atoms with Gasteiger partial charge in [-0.1, -0.05) is 49.1 Å². The molecule has 0 amide bonds. The van der Waals surface area contributed by atoms with Gasteiger partial charge in [-0.25, -0.2) is 4.39 Å². The van der Waals surface area contributed by atoms with Crippen LogP contribution in [0.4, 0.5) is 10.1 Å². The van der Waals surface area contributed by atoms with Crippen molar-refractivity contribution in [3.8, 4) is 0 Å². The molecule has 2 aromatic carbocycles. The standard InChI is InChI=1S/C37H48FN3/c1-26(2)8-15-37(28(5)6)39-29(7)35-14-11-33(24-36(35)38)32-18-20-40(21-19-32)25-30-16-22-41(23-17-30)34-12-9-31(10-13-34)27(3)4/h9-14,24,30,32H,1,3,5,7-8,15-23,25H2,2,4,6H3. The van der Waals surface area contributed by atoms with Crippen LogP contribution in [0.15, 0.2) is 84.9 Å². The van der Waals surface area contributed by atoms with E-state index in [0.29, 0.717) is 17.2 Å². The third-order valence-electron chi connectivity index (χ3n) is 8.77. The highest BCUT2D eigenvalue weighted by Crippen LogP contribution is 2.32. The van der Waals surface area contributed by atoms with Gasteiger partial charge in [0, 0.05) is 36.6 Å². The van der Waals surface area contributed by atoms with Gasteiger partial charge in [-0.3, -0.25) is 4.99 Å². The molecule has 2 aliphatic rings. The van der Waals surface area contributed by atoms with Gasteiger partial charge in [-0.2, -0.15) is 0 Å². The first-order valence-corrected chi connectivity index (χ1v) is 15.2. The average molecular weight is 554 g/mol. The van der Waals surface area contributed by atoms with E-state index in [1.165, 1.54) is 30.6 Å². The number of halogens is 1. The maximum Gasteiger partial charge on any atom is 0.132 e. The number of hydrogen-bond acceptors (Lipinski definition) is 3. The SMILES string of the molecule is C=C(C)CCC(=NC(=C)c1ccc(C2CCN(CC3CCN(c4ccc(C(=C)C)cc4)CC3)CC2)cc1F)C(=C)C. The first kappa shape index (κ1) is 30.7. The van der Waals surface area contributed by atoms with Crippen molar-refractivity contribution in [1.82, 2.24) is 4.90 Å². The van der Waals surface area contributed by atoms with Gasteiger partial charge < -0.3 is 9.80 Å². The first-order valence-electron chi connectivity index (χ1n) is 15.2. The lowest BCUT2D eigenvalue weighted by atomic mass is 9.87. The summed E-state index contributed by atoms with van der Waals surface area (Å²) in [6, 6.07) is 14.5. The lowest BCUT2D eigenvalue weighted by molar-refractivity contribution is 0.170. The zero-order valence-electron chi connectivity index (χ0n) is 25.5. The van der Waals surface area contributed by atoms with Crippen molar-refractivity contribution in [1.29, 1.82) is 0 Å². The predicted molar refractivity (Wildman–Crippen MR) is 176 cm³/mol. The molecular weight excluding hydrogens is 505 g/mol. The monoisotopic (exact) mass is 553 g/mol. The van der Waals surface area contributed by atoms with Gasteiger partial charge in [0.25, 0.3) is 0 Å². The Labute approximate surface area is 247 Å². The van der Waals surface area contributed by atoms with Gasteiger partial charge in [0.1, 0.15) is 5.82 Å². The van der Waals surface area contributed by atoms with Crippen molar-refractivity contribution in [3.63, 3.8) is 0 Å². The fourth-order valence-electron chi connectivity index (χ4n) is 6.08. The molecule has 3 nitrogen and oxygen atoms in total. The van der Waals surface area contributed by atoms with Crippen LogP contribution in [0.25, 0.3) is 11.3 Å². The zero-order chi connectivity index (χ0) is 29.5. The number of nitrogens with zero attached hydrogens (tertiary/aromatic N) is 3. The number of likely N-dealkylation sites (tertiary alicyclic amines) is 1. The molecule has 2 fully saturated rings. The fourth-order valence-corrected chi connectivity index (χ4v) is 6.08. The maximum absolute atomic E-state index is 15.2. The van der Waals surface area contributed by atoms with Crippen molar-refractivity contribution in [3.05, 3.63) is 102 Å². The molecule has 0 unspecified atom stereocenters. The van der Waals surface area contributed by atoms with E-state index in [1.54, 1.807) is 6.07 Å². The Bertz CT molecular complexity index is 1290. The predicted octanol–water partition coefficient (Wildman–Crippen LogP) is 9.30. The topological polar surface area (TPSA) is 18.8 Å². The quantitative estimate of drug-likeness (QED) is 0.204. The fraction of sp³-hybridized carbons (Fsp3) is 0.432.